The molecular formula is C18H14ClN3O4S. The summed E-state index contributed by atoms with van der Waals surface area (Å²) in [5.74, 6) is 0.827. The van der Waals surface area contributed by atoms with Crippen LogP contribution in [0.1, 0.15) is 5.56 Å². The molecule has 2 heterocycles. The normalized spacial score (nSPS) is 14.7. The number of hydrogen-bond donors (Lipinski definition) is 0. The Hall–Kier alpha value is -2.84. The minimum atomic E-state index is -3.74. The van der Waals surface area contributed by atoms with E-state index < -0.39 is 10.0 Å². The van der Waals surface area contributed by atoms with Gasteiger partial charge in [-0.2, -0.15) is 9.97 Å². The number of benzene rings is 2. The molecule has 0 spiro atoms. The second-order valence-corrected chi connectivity index (χ2v) is 7.99. The lowest BCUT2D eigenvalue weighted by atomic mass is 10.2. The summed E-state index contributed by atoms with van der Waals surface area (Å²) in [6.45, 7) is 0.145. The fourth-order valence-corrected chi connectivity index (χ4v) is 4.39. The van der Waals surface area contributed by atoms with E-state index in [1.807, 2.05) is 0 Å². The first-order chi connectivity index (χ1) is 13.0. The second-order valence-electron chi connectivity index (χ2n) is 5.72. The number of halogens is 1. The zero-order chi connectivity index (χ0) is 19.0. The molecule has 0 bridgehead atoms. The molecule has 27 heavy (non-hydrogen) atoms. The van der Waals surface area contributed by atoms with E-state index in [2.05, 4.69) is 9.97 Å². The summed E-state index contributed by atoms with van der Waals surface area (Å²) in [5, 5.41) is 0.573. The Bertz CT molecular complexity index is 1100. The monoisotopic (exact) mass is 403 g/mol. The molecule has 0 saturated carbocycles. The van der Waals surface area contributed by atoms with Gasteiger partial charge in [-0.25, -0.2) is 12.7 Å². The summed E-state index contributed by atoms with van der Waals surface area (Å²) in [6, 6.07) is 15.0. The van der Waals surface area contributed by atoms with Gasteiger partial charge in [-0.3, -0.25) is 0 Å². The Balaban J connectivity index is 1.72. The Morgan fingerprint density at radius 2 is 1.74 bits per heavy atom. The highest BCUT2D eigenvalue weighted by atomic mass is 35.5. The van der Waals surface area contributed by atoms with Crippen molar-refractivity contribution >= 4 is 27.6 Å². The molecule has 2 aromatic carbocycles. The number of nitrogens with zero attached hydrogens (tertiary/aromatic N) is 3. The molecule has 0 saturated heterocycles. The van der Waals surface area contributed by atoms with E-state index in [0.717, 1.165) is 4.31 Å². The van der Waals surface area contributed by atoms with E-state index in [-0.39, 0.29) is 29.1 Å². The minimum Gasteiger partial charge on any atom is -0.481 e. The summed E-state index contributed by atoms with van der Waals surface area (Å²) in [4.78, 5) is 8.69. The summed E-state index contributed by atoms with van der Waals surface area (Å²) in [6.07, 6.45) is 0. The Morgan fingerprint density at radius 3 is 2.44 bits per heavy atom. The van der Waals surface area contributed by atoms with E-state index in [1.165, 1.54) is 13.2 Å². The first-order valence-electron chi connectivity index (χ1n) is 7.94. The van der Waals surface area contributed by atoms with E-state index >= 15 is 0 Å². The van der Waals surface area contributed by atoms with Gasteiger partial charge in [-0.1, -0.05) is 29.8 Å². The fraction of sp³-hybridized carbons (Fsp3) is 0.111. The second kappa shape index (κ2) is 6.71. The highest BCUT2D eigenvalue weighted by Gasteiger charge is 2.36. The topological polar surface area (TPSA) is 81.6 Å². The maximum atomic E-state index is 12.8. The van der Waals surface area contributed by atoms with Gasteiger partial charge >= 0.3 is 0 Å². The van der Waals surface area contributed by atoms with Crippen molar-refractivity contribution < 1.29 is 17.9 Å². The van der Waals surface area contributed by atoms with Crippen LogP contribution in [0.3, 0.4) is 0 Å². The molecule has 0 radical (unpaired) electrons. The molecule has 1 aromatic heterocycles. The van der Waals surface area contributed by atoms with Crippen molar-refractivity contribution in [3.63, 3.8) is 0 Å². The van der Waals surface area contributed by atoms with Crippen LogP contribution >= 0.6 is 11.6 Å². The van der Waals surface area contributed by atoms with Gasteiger partial charge in [0, 0.05) is 5.02 Å². The number of hydrogen-bond acceptors (Lipinski definition) is 6. The molecule has 9 heteroatoms. The number of anilines is 1. The van der Waals surface area contributed by atoms with E-state index in [4.69, 9.17) is 21.1 Å². The van der Waals surface area contributed by atoms with E-state index in [9.17, 15) is 8.42 Å². The van der Waals surface area contributed by atoms with Gasteiger partial charge in [0.15, 0.2) is 0 Å². The third kappa shape index (κ3) is 3.29. The number of methoxy groups -OCH3 is 1. The predicted octanol–water partition coefficient (Wildman–Crippen LogP) is 3.64. The van der Waals surface area contributed by atoms with Crippen LogP contribution in [-0.4, -0.2) is 25.5 Å². The minimum absolute atomic E-state index is 0.0190. The zero-order valence-electron chi connectivity index (χ0n) is 14.2. The van der Waals surface area contributed by atoms with Crippen LogP contribution < -0.4 is 13.8 Å². The molecule has 7 nitrogen and oxygen atoms in total. The van der Waals surface area contributed by atoms with Gasteiger partial charge in [0.25, 0.3) is 10.0 Å². The molecule has 0 N–H and O–H groups in total. The van der Waals surface area contributed by atoms with Crippen LogP contribution in [0, 0.1) is 0 Å². The molecule has 0 aliphatic carbocycles. The lowest BCUT2D eigenvalue weighted by Gasteiger charge is -2.16. The van der Waals surface area contributed by atoms with E-state index in [0.29, 0.717) is 16.3 Å². The number of fused-ring (bicyclic) bond motifs is 1. The molecular weight excluding hydrogens is 390 g/mol. The maximum absolute atomic E-state index is 12.8. The predicted molar refractivity (Wildman–Crippen MR) is 99.9 cm³/mol. The first kappa shape index (κ1) is 17.6. The van der Waals surface area contributed by atoms with Gasteiger partial charge in [-0.05, 0) is 35.9 Å². The van der Waals surface area contributed by atoms with Gasteiger partial charge in [-0.15, -0.1) is 0 Å². The number of rotatable bonds is 4. The van der Waals surface area contributed by atoms with Crippen molar-refractivity contribution in [2.75, 3.05) is 11.4 Å². The van der Waals surface area contributed by atoms with E-state index in [1.54, 1.807) is 48.5 Å². The van der Waals surface area contributed by atoms with Crippen molar-refractivity contribution in [1.82, 2.24) is 9.97 Å². The highest BCUT2D eigenvalue weighted by Crippen LogP contribution is 2.35. The summed E-state index contributed by atoms with van der Waals surface area (Å²) >= 11 is 5.87. The summed E-state index contributed by atoms with van der Waals surface area (Å²) in [7, 11) is -2.30. The van der Waals surface area contributed by atoms with Crippen molar-refractivity contribution in [1.29, 1.82) is 0 Å². The SMILES string of the molecule is COc1cc(Oc2ccc(Cl)cc2)nc(N2Cc3ccccc3S2(=O)=O)n1. The Kier molecular flexibility index (Phi) is 4.37. The molecule has 0 fully saturated rings. The average molecular weight is 404 g/mol. The van der Waals surface area contributed by atoms with Crippen molar-refractivity contribution in [2.45, 2.75) is 11.4 Å². The van der Waals surface area contributed by atoms with Gasteiger partial charge < -0.3 is 9.47 Å². The molecule has 1 aliphatic heterocycles. The van der Waals surface area contributed by atoms with Gasteiger partial charge in [0.2, 0.25) is 17.7 Å². The van der Waals surface area contributed by atoms with Gasteiger partial charge in [0.05, 0.1) is 24.6 Å². The van der Waals surface area contributed by atoms with Crippen LogP contribution in [-0.2, 0) is 16.6 Å². The third-order valence-corrected chi connectivity index (χ3v) is 6.07. The number of aromatic nitrogens is 2. The first-order valence-corrected chi connectivity index (χ1v) is 9.76. The summed E-state index contributed by atoms with van der Waals surface area (Å²) < 4.78 is 37.7. The third-order valence-electron chi connectivity index (χ3n) is 3.99. The molecule has 0 atom stereocenters. The molecule has 0 amide bonds. The van der Waals surface area contributed by atoms with Crippen LogP contribution in [0.25, 0.3) is 0 Å². The zero-order valence-corrected chi connectivity index (χ0v) is 15.7. The molecule has 0 unspecified atom stereocenters. The standard InChI is InChI=1S/C18H14ClN3O4S/c1-25-16-10-17(26-14-8-6-13(19)7-9-14)21-18(20-16)22-11-12-4-2-3-5-15(12)27(22,23)24/h2-10H,11H2,1H3. The van der Waals surface area contributed by atoms with Crippen LogP contribution in [0.2, 0.25) is 5.02 Å². The number of ether oxygens (including phenoxy) is 2. The molecule has 3 aromatic rings. The number of sulfonamides is 1. The largest absolute Gasteiger partial charge is 0.481 e. The lowest BCUT2D eigenvalue weighted by Crippen LogP contribution is -2.25. The maximum Gasteiger partial charge on any atom is 0.267 e. The van der Waals surface area contributed by atoms with Crippen LogP contribution in [0.15, 0.2) is 59.5 Å². The molecule has 1 aliphatic rings. The van der Waals surface area contributed by atoms with Crippen LogP contribution in [0.4, 0.5) is 5.95 Å². The lowest BCUT2D eigenvalue weighted by molar-refractivity contribution is 0.388. The van der Waals surface area contributed by atoms with Crippen LogP contribution in [0.5, 0.6) is 17.5 Å². The Labute approximate surface area is 161 Å². The highest BCUT2D eigenvalue weighted by molar-refractivity contribution is 7.93. The quantitative estimate of drug-likeness (QED) is 0.661. The molecule has 138 valence electrons. The van der Waals surface area contributed by atoms with Gasteiger partial charge in [0.1, 0.15) is 5.75 Å². The molecule has 4 rings (SSSR count). The Morgan fingerprint density at radius 1 is 1.04 bits per heavy atom. The summed E-state index contributed by atoms with van der Waals surface area (Å²) in [5.41, 5.74) is 0.684. The average Bonchev–Trinajstić information content (AvgIpc) is 2.94. The van der Waals surface area contributed by atoms with Crippen molar-refractivity contribution in [3.05, 3.63) is 65.2 Å². The van der Waals surface area contributed by atoms with Crippen molar-refractivity contribution in [3.8, 4) is 17.5 Å². The fourth-order valence-electron chi connectivity index (χ4n) is 2.71. The van der Waals surface area contributed by atoms with Crippen molar-refractivity contribution in [2.24, 2.45) is 0 Å². The smallest absolute Gasteiger partial charge is 0.267 e.